The molecule has 0 spiro atoms. The zero-order chi connectivity index (χ0) is 7.56. The van der Waals surface area contributed by atoms with Crippen LogP contribution in [-0.4, -0.2) is 11.5 Å². The Bertz CT molecular complexity index is 224. The van der Waals surface area contributed by atoms with Gasteiger partial charge in [-0.25, -0.2) is 4.98 Å². The number of aryl methyl sites for hydroxylation is 1. The Hall–Kier alpha value is 0.550. The first-order chi connectivity index (χ1) is 4.74. The summed E-state index contributed by atoms with van der Waals surface area (Å²) in [5.74, 6) is 0. The maximum absolute atomic E-state index is 5.40. The Morgan fingerprint density at radius 2 is 2.27 bits per heavy atom. The molecule has 0 aliphatic heterocycles. The van der Waals surface area contributed by atoms with E-state index >= 15 is 0 Å². The summed E-state index contributed by atoms with van der Waals surface area (Å²) in [5, 5.41) is 0. The molecule has 11 heavy (non-hydrogen) atoms. The lowest BCUT2D eigenvalue weighted by Crippen LogP contribution is -2.01. The number of aromatic nitrogens is 1. The van der Waals surface area contributed by atoms with E-state index in [1.807, 2.05) is 6.92 Å². The Morgan fingerprint density at radius 3 is 2.64 bits per heavy atom. The highest BCUT2D eigenvalue weighted by Gasteiger charge is 2.02. The van der Waals surface area contributed by atoms with Gasteiger partial charge in [-0.1, -0.05) is 0 Å². The van der Waals surface area contributed by atoms with Gasteiger partial charge < -0.3 is 5.73 Å². The topological polar surface area (TPSA) is 38.9 Å². The van der Waals surface area contributed by atoms with Gasteiger partial charge in [-0.3, -0.25) is 0 Å². The molecule has 0 atom stereocenters. The van der Waals surface area contributed by atoms with Gasteiger partial charge in [0.2, 0.25) is 0 Å². The van der Waals surface area contributed by atoms with Crippen molar-refractivity contribution in [3.8, 4) is 0 Å². The molecule has 0 radical (unpaired) electrons. The van der Waals surface area contributed by atoms with E-state index in [0.717, 1.165) is 16.0 Å². The molecular weight excluding hydrogens is 292 g/mol. The molecule has 0 aliphatic carbocycles. The first-order valence-electron chi connectivity index (χ1n) is 3.06. The second-order valence-electron chi connectivity index (χ2n) is 2.01. The summed E-state index contributed by atoms with van der Waals surface area (Å²) in [5.41, 5.74) is 6.50. The molecule has 0 saturated heterocycles. The second-order valence-corrected chi connectivity index (χ2v) is 4.37. The van der Waals surface area contributed by atoms with Gasteiger partial charge in [0, 0.05) is 4.88 Å². The van der Waals surface area contributed by atoms with Crippen LogP contribution in [0.2, 0.25) is 0 Å². The van der Waals surface area contributed by atoms with Crippen LogP contribution in [0.25, 0.3) is 0 Å². The zero-order valence-electron chi connectivity index (χ0n) is 6.13. The van der Waals surface area contributed by atoms with E-state index in [9.17, 15) is 0 Å². The molecule has 64 valence electrons. The van der Waals surface area contributed by atoms with E-state index in [0.29, 0.717) is 6.54 Å². The fraction of sp³-hybridized carbons (Fsp3) is 0.500. The molecule has 0 unspecified atom stereocenters. The molecule has 0 aliphatic rings. The summed E-state index contributed by atoms with van der Waals surface area (Å²) < 4.78 is 0.952. The molecule has 2 nitrogen and oxygen atoms in total. The molecule has 1 aromatic rings. The highest BCUT2D eigenvalue weighted by molar-refractivity contribution is 9.11. The average molecular weight is 302 g/mol. The molecule has 2 N–H and O–H groups in total. The summed E-state index contributed by atoms with van der Waals surface area (Å²) in [7, 11) is 0. The van der Waals surface area contributed by atoms with Crippen LogP contribution in [0.5, 0.6) is 0 Å². The predicted octanol–water partition coefficient (Wildman–Crippen LogP) is 2.29. The number of nitrogens with zero attached hydrogens (tertiary/aromatic N) is 1. The second kappa shape index (κ2) is 5.24. The van der Waals surface area contributed by atoms with Crippen LogP contribution < -0.4 is 5.73 Å². The molecule has 0 fully saturated rings. The average Bonchev–Trinajstić information content (AvgIpc) is 2.13. The van der Waals surface area contributed by atoms with Gasteiger partial charge in [0.15, 0.2) is 3.92 Å². The largest absolute Gasteiger partial charge is 0.330 e. The van der Waals surface area contributed by atoms with Crippen LogP contribution in [0.15, 0.2) is 3.92 Å². The maximum atomic E-state index is 5.40. The lowest BCUT2D eigenvalue weighted by molar-refractivity contribution is 0.969. The van der Waals surface area contributed by atoms with E-state index in [2.05, 4.69) is 20.9 Å². The van der Waals surface area contributed by atoms with Crippen molar-refractivity contribution in [1.82, 2.24) is 4.98 Å². The van der Waals surface area contributed by atoms with Crippen molar-refractivity contribution in [2.24, 2.45) is 5.73 Å². The lowest BCUT2D eigenvalue weighted by atomic mass is 10.3. The van der Waals surface area contributed by atoms with Gasteiger partial charge in [0.25, 0.3) is 0 Å². The van der Waals surface area contributed by atoms with Crippen LogP contribution >= 0.6 is 44.2 Å². The summed E-state index contributed by atoms with van der Waals surface area (Å²) in [4.78, 5) is 5.50. The summed E-state index contributed by atoms with van der Waals surface area (Å²) >= 11 is 4.98. The molecule has 1 heterocycles. The van der Waals surface area contributed by atoms with Crippen molar-refractivity contribution < 1.29 is 0 Å². The van der Waals surface area contributed by atoms with Crippen molar-refractivity contribution in [3.63, 3.8) is 0 Å². The molecule has 1 rings (SSSR count). The van der Waals surface area contributed by atoms with Crippen LogP contribution in [0.1, 0.15) is 10.6 Å². The van der Waals surface area contributed by atoms with Crippen molar-refractivity contribution in [2.45, 2.75) is 13.3 Å². The number of hydrogen-bond acceptors (Lipinski definition) is 3. The number of rotatable bonds is 2. The molecule has 1 aromatic heterocycles. The van der Waals surface area contributed by atoms with Crippen molar-refractivity contribution >= 4 is 44.2 Å². The number of thiazole rings is 1. The SMILES string of the molecule is Br.Cc1nc(Br)sc1CCN. The molecule has 0 saturated carbocycles. The third-order valence-corrected chi connectivity index (χ3v) is 2.91. The Morgan fingerprint density at radius 1 is 1.64 bits per heavy atom. The molecule has 0 amide bonds. The summed E-state index contributed by atoms with van der Waals surface area (Å²) in [6, 6.07) is 0. The molecular formula is C6H10Br2N2S. The van der Waals surface area contributed by atoms with Crippen molar-refractivity contribution in [3.05, 3.63) is 14.5 Å². The zero-order valence-corrected chi connectivity index (χ0v) is 10.2. The van der Waals surface area contributed by atoms with E-state index in [4.69, 9.17) is 5.73 Å². The number of halogens is 2. The minimum atomic E-state index is 0. The van der Waals surface area contributed by atoms with Crippen LogP contribution in [0, 0.1) is 6.92 Å². The van der Waals surface area contributed by atoms with E-state index in [1.165, 1.54) is 4.88 Å². The van der Waals surface area contributed by atoms with Crippen LogP contribution in [0.4, 0.5) is 0 Å². The standard InChI is InChI=1S/C6H9BrN2S.BrH/c1-4-5(2-3-8)10-6(7)9-4;/h2-3,8H2,1H3;1H. The summed E-state index contributed by atoms with van der Waals surface area (Å²) in [6.07, 6.45) is 0.940. The monoisotopic (exact) mass is 300 g/mol. The Kier molecular flexibility index (Phi) is 5.50. The van der Waals surface area contributed by atoms with Crippen LogP contribution in [0.3, 0.4) is 0 Å². The molecule has 0 bridgehead atoms. The Balaban J connectivity index is 0.000001000. The highest BCUT2D eigenvalue weighted by Crippen LogP contribution is 2.22. The van der Waals surface area contributed by atoms with Gasteiger partial charge in [-0.2, -0.15) is 0 Å². The van der Waals surface area contributed by atoms with Gasteiger partial charge in [0.1, 0.15) is 0 Å². The first kappa shape index (κ1) is 11.6. The van der Waals surface area contributed by atoms with Gasteiger partial charge in [-0.05, 0) is 35.8 Å². The van der Waals surface area contributed by atoms with Crippen molar-refractivity contribution in [1.29, 1.82) is 0 Å². The van der Waals surface area contributed by atoms with Gasteiger partial charge in [-0.15, -0.1) is 28.3 Å². The normalized spacial score (nSPS) is 9.36. The van der Waals surface area contributed by atoms with Gasteiger partial charge in [0.05, 0.1) is 5.69 Å². The molecule has 0 aromatic carbocycles. The smallest absolute Gasteiger partial charge is 0.159 e. The number of hydrogen-bond donors (Lipinski definition) is 1. The highest BCUT2D eigenvalue weighted by atomic mass is 79.9. The fourth-order valence-electron chi connectivity index (χ4n) is 0.756. The van der Waals surface area contributed by atoms with Crippen LogP contribution in [-0.2, 0) is 6.42 Å². The van der Waals surface area contributed by atoms with Crippen molar-refractivity contribution in [2.75, 3.05) is 6.54 Å². The minimum absolute atomic E-state index is 0. The number of nitrogens with two attached hydrogens (primary N) is 1. The third-order valence-electron chi connectivity index (χ3n) is 1.24. The fourth-order valence-corrected chi connectivity index (χ4v) is 2.41. The quantitative estimate of drug-likeness (QED) is 0.910. The molecule has 5 heteroatoms. The lowest BCUT2D eigenvalue weighted by Gasteiger charge is -1.90. The third kappa shape index (κ3) is 3.19. The van der Waals surface area contributed by atoms with E-state index in [1.54, 1.807) is 11.3 Å². The van der Waals surface area contributed by atoms with E-state index < -0.39 is 0 Å². The van der Waals surface area contributed by atoms with E-state index in [-0.39, 0.29) is 17.0 Å². The summed E-state index contributed by atoms with van der Waals surface area (Å²) in [6.45, 7) is 2.71. The maximum Gasteiger partial charge on any atom is 0.159 e. The first-order valence-corrected chi connectivity index (χ1v) is 4.67. The Labute approximate surface area is 89.1 Å². The predicted molar refractivity (Wildman–Crippen MR) is 57.6 cm³/mol. The minimum Gasteiger partial charge on any atom is -0.330 e. The van der Waals surface area contributed by atoms with Gasteiger partial charge >= 0.3 is 0 Å².